The highest BCUT2D eigenvalue weighted by Gasteiger charge is 2.25. The van der Waals surface area contributed by atoms with Gasteiger partial charge in [-0.3, -0.25) is 4.79 Å². The first kappa shape index (κ1) is 17.7. The first-order valence-corrected chi connectivity index (χ1v) is 9.59. The Bertz CT molecular complexity index is 800. The van der Waals surface area contributed by atoms with Crippen molar-refractivity contribution in [1.29, 1.82) is 0 Å². The third kappa shape index (κ3) is 3.86. The molecule has 4 rings (SSSR count). The molecule has 2 aliphatic heterocycles. The third-order valence-corrected chi connectivity index (χ3v) is 5.26. The molecular weight excluding hydrogens is 345 g/mol. The second kappa shape index (κ2) is 7.90. The maximum Gasteiger partial charge on any atom is 0.256 e. The van der Waals surface area contributed by atoms with Gasteiger partial charge in [-0.15, -0.1) is 0 Å². The summed E-state index contributed by atoms with van der Waals surface area (Å²) < 4.78 is 13.9. The van der Waals surface area contributed by atoms with E-state index in [0.717, 1.165) is 24.9 Å². The SMILES string of the molecule is O=C(c1ccccc1F)N1CCN(c2ccnc(N3CCCCC3)n2)CC1. The van der Waals surface area contributed by atoms with E-state index in [2.05, 4.69) is 14.8 Å². The summed E-state index contributed by atoms with van der Waals surface area (Å²) in [6, 6.07) is 8.07. The average molecular weight is 369 g/mol. The van der Waals surface area contributed by atoms with E-state index in [1.165, 1.54) is 25.3 Å². The molecule has 0 saturated carbocycles. The van der Waals surface area contributed by atoms with E-state index in [0.29, 0.717) is 26.2 Å². The predicted octanol–water partition coefficient (Wildman–Crippen LogP) is 2.57. The number of benzene rings is 1. The van der Waals surface area contributed by atoms with Crippen molar-refractivity contribution in [3.8, 4) is 0 Å². The Balaban J connectivity index is 1.40. The van der Waals surface area contributed by atoms with Crippen molar-refractivity contribution >= 4 is 17.7 Å². The van der Waals surface area contributed by atoms with Gasteiger partial charge in [0.25, 0.3) is 5.91 Å². The number of carbonyl (C=O) groups is 1. The zero-order chi connectivity index (χ0) is 18.6. The zero-order valence-corrected chi connectivity index (χ0v) is 15.4. The fraction of sp³-hybridized carbons (Fsp3) is 0.450. The summed E-state index contributed by atoms with van der Waals surface area (Å²) in [5.74, 6) is 0.969. The van der Waals surface area contributed by atoms with Crippen LogP contribution >= 0.6 is 0 Å². The number of hydrogen-bond acceptors (Lipinski definition) is 5. The van der Waals surface area contributed by atoms with Crippen LogP contribution in [0.15, 0.2) is 36.5 Å². The first-order valence-electron chi connectivity index (χ1n) is 9.59. The molecule has 2 saturated heterocycles. The molecule has 0 unspecified atom stereocenters. The van der Waals surface area contributed by atoms with Gasteiger partial charge in [0.1, 0.15) is 11.6 Å². The number of piperazine rings is 1. The van der Waals surface area contributed by atoms with Crippen molar-refractivity contribution in [3.05, 3.63) is 47.9 Å². The van der Waals surface area contributed by atoms with Crippen molar-refractivity contribution in [2.45, 2.75) is 19.3 Å². The summed E-state index contributed by atoms with van der Waals surface area (Å²) in [6.45, 7) is 4.47. The Morgan fingerprint density at radius 2 is 1.63 bits per heavy atom. The number of rotatable bonds is 3. The number of halogens is 1. The molecule has 0 spiro atoms. The van der Waals surface area contributed by atoms with E-state index in [-0.39, 0.29) is 11.5 Å². The Labute approximate surface area is 158 Å². The number of anilines is 2. The normalized spacial score (nSPS) is 17.9. The van der Waals surface area contributed by atoms with Crippen molar-refractivity contribution in [1.82, 2.24) is 14.9 Å². The quantitative estimate of drug-likeness (QED) is 0.832. The fourth-order valence-electron chi connectivity index (χ4n) is 3.71. The predicted molar refractivity (Wildman–Crippen MR) is 103 cm³/mol. The maximum absolute atomic E-state index is 13.9. The summed E-state index contributed by atoms with van der Waals surface area (Å²) in [6.07, 6.45) is 5.45. The molecule has 1 aromatic heterocycles. The van der Waals surface area contributed by atoms with Gasteiger partial charge in [-0.1, -0.05) is 12.1 Å². The molecule has 7 heteroatoms. The van der Waals surface area contributed by atoms with Gasteiger partial charge < -0.3 is 14.7 Å². The van der Waals surface area contributed by atoms with E-state index < -0.39 is 5.82 Å². The number of carbonyl (C=O) groups excluding carboxylic acids is 1. The first-order chi connectivity index (χ1) is 13.2. The Hall–Kier alpha value is -2.70. The highest BCUT2D eigenvalue weighted by atomic mass is 19.1. The van der Waals surface area contributed by atoms with Crippen LogP contribution in [0.4, 0.5) is 16.2 Å². The second-order valence-corrected chi connectivity index (χ2v) is 7.02. The Morgan fingerprint density at radius 1 is 0.889 bits per heavy atom. The molecule has 0 atom stereocenters. The van der Waals surface area contributed by atoms with Crippen LogP contribution in [0.5, 0.6) is 0 Å². The summed E-state index contributed by atoms with van der Waals surface area (Å²) in [7, 11) is 0. The van der Waals surface area contributed by atoms with Gasteiger partial charge in [0.15, 0.2) is 0 Å². The summed E-state index contributed by atoms with van der Waals surface area (Å²) in [4.78, 5) is 27.8. The minimum absolute atomic E-state index is 0.139. The van der Waals surface area contributed by atoms with E-state index in [1.54, 1.807) is 23.1 Å². The minimum atomic E-state index is -0.466. The lowest BCUT2D eigenvalue weighted by molar-refractivity contribution is 0.0742. The molecule has 0 N–H and O–H groups in total. The standard InChI is InChI=1S/C20H24FN5O/c21-17-7-3-2-6-16(17)19(27)25-14-12-24(13-15-25)18-8-9-22-20(23-18)26-10-4-1-5-11-26/h2-3,6-9H,1,4-5,10-15H2. The van der Waals surface area contributed by atoms with Crippen LogP contribution in [0, 0.1) is 5.82 Å². The van der Waals surface area contributed by atoms with Crippen LogP contribution in [0.2, 0.25) is 0 Å². The van der Waals surface area contributed by atoms with Crippen LogP contribution in [0.3, 0.4) is 0 Å². The van der Waals surface area contributed by atoms with Crippen LogP contribution in [-0.4, -0.2) is 60.0 Å². The average Bonchev–Trinajstić information content (AvgIpc) is 2.74. The molecule has 1 amide bonds. The Morgan fingerprint density at radius 3 is 2.37 bits per heavy atom. The summed E-state index contributed by atoms with van der Waals surface area (Å²) in [5, 5.41) is 0. The van der Waals surface area contributed by atoms with Gasteiger partial charge in [-0.05, 0) is 37.5 Å². The monoisotopic (exact) mass is 369 g/mol. The second-order valence-electron chi connectivity index (χ2n) is 7.02. The van der Waals surface area contributed by atoms with Crippen LogP contribution in [0.1, 0.15) is 29.6 Å². The largest absolute Gasteiger partial charge is 0.353 e. The molecule has 1 aromatic carbocycles. The highest BCUT2D eigenvalue weighted by Crippen LogP contribution is 2.20. The zero-order valence-electron chi connectivity index (χ0n) is 15.4. The van der Waals surface area contributed by atoms with Gasteiger partial charge in [0.2, 0.25) is 5.95 Å². The van der Waals surface area contributed by atoms with E-state index in [9.17, 15) is 9.18 Å². The number of nitrogens with zero attached hydrogens (tertiary/aromatic N) is 5. The molecular formula is C20H24FN5O. The Kier molecular flexibility index (Phi) is 5.18. The number of amides is 1. The lowest BCUT2D eigenvalue weighted by Gasteiger charge is -2.36. The molecule has 2 fully saturated rings. The van der Waals surface area contributed by atoms with Gasteiger partial charge >= 0.3 is 0 Å². The fourth-order valence-corrected chi connectivity index (χ4v) is 3.71. The molecule has 6 nitrogen and oxygen atoms in total. The molecule has 3 heterocycles. The smallest absolute Gasteiger partial charge is 0.256 e. The lowest BCUT2D eigenvalue weighted by atomic mass is 10.1. The summed E-state index contributed by atoms with van der Waals surface area (Å²) >= 11 is 0. The molecule has 142 valence electrons. The molecule has 0 radical (unpaired) electrons. The molecule has 2 aromatic rings. The van der Waals surface area contributed by atoms with Crippen molar-refractivity contribution in [2.75, 3.05) is 49.1 Å². The van der Waals surface area contributed by atoms with Gasteiger partial charge in [0.05, 0.1) is 5.56 Å². The van der Waals surface area contributed by atoms with Crippen molar-refractivity contribution < 1.29 is 9.18 Å². The van der Waals surface area contributed by atoms with Gasteiger partial charge in [-0.2, -0.15) is 4.98 Å². The maximum atomic E-state index is 13.9. The molecule has 27 heavy (non-hydrogen) atoms. The third-order valence-electron chi connectivity index (χ3n) is 5.26. The molecule has 0 aliphatic carbocycles. The van der Waals surface area contributed by atoms with E-state index in [4.69, 9.17) is 4.98 Å². The lowest BCUT2D eigenvalue weighted by Crippen LogP contribution is -2.49. The van der Waals surface area contributed by atoms with Crippen molar-refractivity contribution in [3.63, 3.8) is 0 Å². The highest BCUT2D eigenvalue weighted by molar-refractivity contribution is 5.94. The van der Waals surface area contributed by atoms with Crippen molar-refractivity contribution in [2.24, 2.45) is 0 Å². The minimum Gasteiger partial charge on any atom is -0.353 e. The number of aromatic nitrogens is 2. The van der Waals surface area contributed by atoms with Crippen LogP contribution in [-0.2, 0) is 0 Å². The van der Waals surface area contributed by atoms with Gasteiger partial charge in [-0.25, -0.2) is 9.37 Å². The van der Waals surface area contributed by atoms with Crippen LogP contribution < -0.4 is 9.80 Å². The molecule has 0 bridgehead atoms. The van der Waals surface area contributed by atoms with Crippen LogP contribution in [0.25, 0.3) is 0 Å². The summed E-state index contributed by atoms with van der Waals surface area (Å²) in [5.41, 5.74) is 0.139. The van der Waals surface area contributed by atoms with E-state index >= 15 is 0 Å². The number of piperidine rings is 1. The van der Waals surface area contributed by atoms with Gasteiger partial charge in [0, 0.05) is 45.5 Å². The van der Waals surface area contributed by atoms with E-state index in [1.807, 2.05) is 12.3 Å². The topological polar surface area (TPSA) is 52.6 Å². The number of hydrogen-bond donors (Lipinski definition) is 0. The molecule has 2 aliphatic rings.